The zero-order valence-corrected chi connectivity index (χ0v) is 21.5. The van der Waals surface area contributed by atoms with Gasteiger partial charge in [-0.05, 0) is 56.7 Å². The quantitative estimate of drug-likeness (QED) is 0.404. The number of carbonyl (C=O) groups is 1. The van der Waals surface area contributed by atoms with Gasteiger partial charge >= 0.3 is 6.09 Å². The SMILES string of the molecule is Cn1cc(-c2cc3c(-c4cccc(N5CCC[C@@H](NC(=O)O)CC5)n4)nn(C4CCCCO4)c3cn2)cn1. The second-order valence-electron chi connectivity index (χ2n) is 10.0. The summed E-state index contributed by atoms with van der Waals surface area (Å²) in [6.45, 7) is 2.29. The number of rotatable bonds is 5. The lowest BCUT2D eigenvalue weighted by atomic mass is 10.1. The number of anilines is 1. The van der Waals surface area contributed by atoms with Crippen LogP contribution in [0.2, 0.25) is 0 Å². The highest BCUT2D eigenvalue weighted by Gasteiger charge is 2.24. The normalized spacial score (nSPS) is 20.4. The predicted octanol–water partition coefficient (Wildman–Crippen LogP) is 4.22. The van der Waals surface area contributed by atoms with Crippen molar-refractivity contribution in [3.05, 3.63) is 42.9 Å². The maximum atomic E-state index is 11.1. The summed E-state index contributed by atoms with van der Waals surface area (Å²) in [5.41, 5.74) is 4.28. The summed E-state index contributed by atoms with van der Waals surface area (Å²) in [6.07, 6.45) is 10.1. The van der Waals surface area contributed by atoms with Gasteiger partial charge in [0.25, 0.3) is 0 Å². The van der Waals surface area contributed by atoms with E-state index in [0.29, 0.717) is 0 Å². The Balaban J connectivity index is 1.38. The fourth-order valence-electron chi connectivity index (χ4n) is 5.45. The Labute approximate surface area is 220 Å². The first kappa shape index (κ1) is 24.4. The molecule has 0 aromatic carbocycles. The largest absolute Gasteiger partial charge is 0.465 e. The zero-order chi connectivity index (χ0) is 26.1. The van der Waals surface area contributed by atoms with Crippen molar-refractivity contribution in [1.82, 2.24) is 34.8 Å². The monoisotopic (exact) mass is 516 g/mol. The van der Waals surface area contributed by atoms with Gasteiger partial charge in [0.1, 0.15) is 11.5 Å². The molecule has 198 valence electrons. The van der Waals surface area contributed by atoms with Gasteiger partial charge in [-0.1, -0.05) is 6.07 Å². The first-order valence-corrected chi connectivity index (χ1v) is 13.3. The minimum Gasteiger partial charge on any atom is -0.465 e. The van der Waals surface area contributed by atoms with E-state index in [1.54, 1.807) is 4.68 Å². The Morgan fingerprint density at radius 1 is 1.11 bits per heavy atom. The van der Waals surface area contributed by atoms with Crippen molar-refractivity contribution >= 4 is 22.8 Å². The van der Waals surface area contributed by atoms with Crippen molar-refractivity contribution < 1.29 is 14.6 Å². The first-order chi connectivity index (χ1) is 18.5. The van der Waals surface area contributed by atoms with Crippen molar-refractivity contribution in [2.24, 2.45) is 7.05 Å². The molecule has 1 unspecified atom stereocenters. The van der Waals surface area contributed by atoms with Gasteiger partial charge in [0, 0.05) is 49.9 Å². The molecule has 2 atom stereocenters. The molecule has 2 fully saturated rings. The van der Waals surface area contributed by atoms with Gasteiger partial charge in [0.05, 0.1) is 29.3 Å². The van der Waals surface area contributed by atoms with E-state index in [0.717, 1.165) is 97.6 Å². The van der Waals surface area contributed by atoms with Crippen LogP contribution in [0.3, 0.4) is 0 Å². The Morgan fingerprint density at radius 2 is 2.03 bits per heavy atom. The van der Waals surface area contributed by atoms with Gasteiger partial charge in [0.2, 0.25) is 0 Å². The summed E-state index contributed by atoms with van der Waals surface area (Å²) >= 11 is 0. The van der Waals surface area contributed by atoms with E-state index >= 15 is 0 Å². The molecule has 11 heteroatoms. The molecular weight excluding hydrogens is 484 g/mol. The van der Waals surface area contributed by atoms with Crippen LogP contribution in [0.25, 0.3) is 33.5 Å². The van der Waals surface area contributed by atoms with Gasteiger partial charge in [-0.2, -0.15) is 10.2 Å². The zero-order valence-electron chi connectivity index (χ0n) is 21.5. The van der Waals surface area contributed by atoms with Crippen molar-refractivity contribution in [2.75, 3.05) is 24.6 Å². The molecule has 4 aromatic heterocycles. The number of aromatic nitrogens is 6. The first-order valence-electron chi connectivity index (χ1n) is 13.3. The van der Waals surface area contributed by atoms with E-state index in [4.69, 9.17) is 24.9 Å². The standard InChI is InChI=1S/C27H32N8O3/c1-33-17-18(15-29-33)22-14-20-23(16-28-22)35(25-9-2-3-13-38-25)32-26(20)21-7-4-8-24(31-21)34-11-5-6-19(10-12-34)30-27(36)37/h4,7-8,14-17,19,25,30H,2-3,5-6,9-13H2,1H3,(H,36,37)/t19-,25?/m1/s1. The average molecular weight is 517 g/mol. The molecular formula is C27H32N8O3. The van der Waals surface area contributed by atoms with Crippen LogP contribution in [0, 0.1) is 0 Å². The second kappa shape index (κ2) is 10.4. The third-order valence-corrected chi connectivity index (χ3v) is 7.38. The summed E-state index contributed by atoms with van der Waals surface area (Å²) in [5, 5.41) is 22.1. The van der Waals surface area contributed by atoms with Crippen LogP contribution in [0.4, 0.5) is 10.6 Å². The molecule has 6 rings (SSSR count). The summed E-state index contributed by atoms with van der Waals surface area (Å²) < 4.78 is 9.83. The van der Waals surface area contributed by atoms with Crippen LogP contribution in [0.15, 0.2) is 42.9 Å². The summed E-state index contributed by atoms with van der Waals surface area (Å²) in [4.78, 5) is 23.1. The molecule has 4 aromatic rings. The number of carboxylic acid groups (broad SMARTS) is 1. The number of aryl methyl sites for hydroxylation is 1. The van der Waals surface area contributed by atoms with E-state index in [9.17, 15) is 4.79 Å². The van der Waals surface area contributed by atoms with Crippen molar-refractivity contribution in [3.8, 4) is 22.6 Å². The van der Waals surface area contributed by atoms with Crippen LogP contribution >= 0.6 is 0 Å². The van der Waals surface area contributed by atoms with Gasteiger partial charge in [-0.15, -0.1) is 0 Å². The molecule has 2 aliphatic heterocycles. The molecule has 11 nitrogen and oxygen atoms in total. The van der Waals surface area contributed by atoms with Crippen LogP contribution in [0.5, 0.6) is 0 Å². The number of amides is 1. The van der Waals surface area contributed by atoms with E-state index in [2.05, 4.69) is 21.4 Å². The smallest absolute Gasteiger partial charge is 0.404 e. The van der Waals surface area contributed by atoms with Gasteiger partial charge in [-0.25, -0.2) is 14.5 Å². The number of nitrogens with zero attached hydrogens (tertiary/aromatic N) is 7. The molecule has 2 saturated heterocycles. The average Bonchev–Trinajstić information content (AvgIpc) is 3.46. The Hall–Kier alpha value is -3.99. The Morgan fingerprint density at radius 3 is 2.82 bits per heavy atom. The van der Waals surface area contributed by atoms with Gasteiger partial charge in [0.15, 0.2) is 6.23 Å². The van der Waals surface area contributed by atoms with E-state index in [-0.39, 0.29) is 12.3 Å². The predicted molar refractivity (Wildman–Crippen MR) is 143 cm³/mol. The lowest BCUT2D eigenvalue weighted by molar-refractivity contribution is -0.0365. The molecule has 6 heterocycles. The van der Waals surface area contributed by atoms with Gasteiger partial charge in [-0.3, -0.25) is 9.67 Å². The molecule has 2 aliphatic rings. The Kier molecular flexibility index (Phi) is 6.67. The highest BCUT2D eigenvalue weighted by molar-refractivity contribution is 5.94. The van der Waals surface area contributed by atoms with E-state index < -0.39 is 6.09 Å². The summed E-state index contributed by atoms with van der Waals surface area (Å²) in [7, 11) is 1.89. The molecule has 0 bridgehead atoms. The number of nitrogens with one attached hydrogen (secondary N) is 1. The third kappa shape index (κ3) is 4.93. The molecule has 0 spiro atoms. The number of hydrogen-bond donors (Lipinski definition) is 2. The van der Waals surface area contributed by atoms with Crippen molar-refractivity contribution in [3.63, 3.8) is 0 Å². The van der Waals surface area contributed by atoms with E-state index in [1.165, 1.54) is 0 Å². The molecule has 2 N–H and O–H groups in total. The van der Waals surface area contributed by atoms with Crippen molar-refractivity contribution in [1.29, 1.82) is 0 Å². The van der Waals surface area contributed by atoms with Gasteiger partial charge < -0.3 is 20.1 Å². The lowest BCUT2D eigenvalue weighted by Gasteiger charge is -2.23. The van der Waals surface area contributed by atoms with Crippen molar-refractivity contribution in [2.45, 2.75) is 50.8 Å². The maximum absolute atomic E-state index is 11.1. The summed E-state index contributed by atoms with van der Waals surface area (Å²) in [6, 6.07) is 8.06. The van der Waals surface area contributed by atoms with E-state index in [1.807, 2.05) is 48.5 Å². The molecule has 0 radical (unpaired) electrons. The third-order valence-electron chi connectivity index (χ3n) is 7.38. The fourth-order valence-corrected chi connectivity index (χ4v) is 5.45. The van der Waals surface area contributed by atoms with Crippen LogP contribution in [-0.4, -0.2) is 66.5 Å². The lowest BCUT2D eigenvalue weighted by Crippen LogP contribution is -2.34. The van der Waals surface area contributed by atoms with Crippen LogP contribution in [0.1, 0.15) is 44.8 Å². The topological polar surface area (TPSA) is 123 Å². The number of pyridine rings is 2. The van der Waals surface area contributed by atoms with Crippen LogP contribution < -0.4 is 10.2 Å². The molecule has 38 heavy (non-hydrogen) atoms. The molecule has 0 aliphatic carbocycles. The Bertz CT molecular complexity index is 1440. The highest BCUT2D eigenvalue weighted by Crippen LogP contribution is 2.34. The number of ether oxygens (including phenoxy) is 1. The highest BCUT2D eigenvalue weighted by atomic mass is 16.5. The summed E-state index contributed by atoms with van der Waals surface area (Å²) in [5.74, 6) is 0.872. The maximum Gasteiger partial charge on any atom is 0.404 e. The fraction of sp³-hybridized carbons (Fsp3) is 0.444. The molecule has 1 amide bonds. The van der Waals surface area contributed by atoms with Crippen LogP contribution in [-0.2, 0) is 11.8 Å². The number of fused-ring (bicyclic) bond motifs is 1. The molecule has 0 saturated carbocycles. The minimum atomic E-state index is -0.965. The minimum absolute atomic E-state index is 0.0331. The second-order valence-corrected chi connectivity index (χ2v) is 10.0. The number of hydrogen-bond acceptors (Lipinski definition) is 7.